The van der Waals surface area contributed by atoms with Crippen LogP contribution in [0.15, 0.2) is 0 Å². The van der Waals surface area contributed by atoms with E-state index >= 15 is 0 Å². The van der Waals surface area contributed by atoms with E-state index in [0.717, 1.165) is 45.6 Å². The van der Waals surface area contributed by atoms with Crippen LogP contribution in [0.5, 0.6) is 0 Å². The molecule has 5 heteroatoms. The minimum Gasteiger partial charge on any atom is -0.467 e. The zero-order chi connectivity index (χ0) is 13.7. The molecule has 5 nitrogen and oxygen atoms in total. The third-order valence-corrected chi connectivity index (χ3v) is 4.61. The second-order valence-electron chi connectivity index (χ2n) is 5.83. The number of rotatable bonds is 5. The molecule has 0 aromatic heterocycles. The van der Waals surface area contributed by atoms with Gasteiger partial charge in [-0.2, -0.15) is 0 Å². The zero-order valence-corrected chi connectivity index (χ0v) is 11.8. The topological polar surface area (TPSA) is 49.9 Å². The molecular weight excluding hydrogens is 244 g/mol. The van der Waals surface area contributed by atoms with E-state index in [0.29, 0.717) is 31.7 Å². The second-order valence-corrected chi connectivity index (χ2v) is 5.83. The van der Waals surface area contributed by atoms with Gasteiger partial charge in [-0.3, -0.25) is 19.4 Å². The Bertz CT molecular complexity index is 315. The van der Waals surface area contributed by atoms with Crippen molar-refractivity contribution in [2.24, 2.45) is 0 Å². The van der Waals surface area contributed by atoms with Gasteiger partial charge in [-0.1, -0.05) is 0 Å². The normalized spacial score (nSPS) is 25.2. The number of ketones is 1. The fraction of sp³-hybridized carbons (Fsp3) is 0.857. The molecule has 0 amide bonds. The number of nitrogens with zero attached hydrogens (tertiary/aromatic N) is 2. The molecule has 0 aliphatic carbocycles. The number of ether oxygens (including phenoxy) is 1. The van der Waals surface area contributed by atoms with E-state index in [-0.39, 0.29) is 5.54 Å². The summed E-state index contributed by atoms with van der Waals surface area (Å²) < 4.78 is 4.75. The average Bonchev–Trinajstić information content (AvgIpc) is 2.42. The summed E-state index contributed by atoms with van der Waals surface area (Å²) in [7, 11) is 0. The Labute approximate surface area is 114 Å². The Morgan fingerprint density at radius 1 is 1.21 bits per heavy atom. The predicted octanol–water partition coefficient (Wildman–Crippen LogP) is 0.679. The Morgan fingerprint density at radius 3 is 2.42 bits per heavy atom. The van der Waals surface area contributed by atoms with Crippen LogP contribution in [0.4, 0.5) is 0 Å². The molecule has 2 heterocycles. The number of likely N-dealkylation sites (tertiary alicyclic amines) is 2. The Kier molecular flexibility index (Phi) is 4.93. The van der Waals surface area contributed by atoms with Gasteiger partial charge in [-0.25, -0.2) is 0 Å². The van der Waals surface area contributed by atoms with Gasteiger partial charge in [0.25, 0.3) is 6.47 Å². The molecule has 0 atom stereocenters. The van der Waals surface area contributed by atoms with Crippen LogP contribution in [0, 0.1) is 0 Å². The average molecular weight is 268 g/mol. The van der Waals surface area contributed by atoms with E-state index in [1.807, 2.05) is 0 Å². The van der Waals surface area contributed by atoms with E-state index in [2.05, 4.69) is 16.7 Å². The molecule has 108 valence electrons. The van der Waals surface area contributed by atoms with Gasteiger partial charge in [0, 0.05) is 51.1 Å². The van der Waals surface area contributed by atoms with Crippen molar-refractivity contribution in [1.29, 1.82) is 0 Å². The van der Waals surface area contributed by atoms with Crippen molar-refractivity contribution in [3.8, 4) is 0 Å². The number of Topliss-reactive ketones (excluding diaryl/α,β-unsaturated/α-hetero) is 1. The van der Waals surface area contributed by atoms with E-state index in [1.165, 1.54) is 0 Å². The maximum atomic E-state index is 11.3. The summed E-state index contributed by atoms with van der Waals surface area (Å²) in [5, 5.41) is 0. The minimum absolute atomic E-state index is 0.239. The van der Waals surface area contributed by atoms with Gasteiger partial charge in [0.1, 0.15) is 12.4 Å². The lowest BCUT2D eigenvalue weighted by Gasteiger charge is -2.48. The Morgan fingerprint density at radius 2 is 1.84 bits per heavy atom. The lowest BCUT2D eigenvalue weighted by molar-refractivity contribution is -0.129. The van der Waals surface area contributed by atoms with Gasteiger partial charge in [0.2, 0.25) is 0 Å². The molecule has 2 rings (SSSR count). The maximum absolute atomic E-state index is 11.3. The molecule has 2 aliphatic rings. The highest BCUT2D eigenvalue weighted by Gasteiger charge is 2.36. The van der Waals surface area contributed by atoms with Crippen molar-refractivity contribution in [3.63, 3.8) is 0 Å². The monoisotopic (exact) mass is 268 g/mol. The van der Waals surface area contributed by atoms with Crippen molar-refractivity contribution in [1.82, 2.24) is 9.80 Å². The van der Waals surface area contributed by atoms with Gasteiger partial charge in [-0.05, 0) is 19.8 Å². The van der Waals surface area contributed by atoms with Crippen molar-refractivity contribution in [2.45, 2.75) is 38.1 Å². The van der Waals surface area contributed by atoms with Crippen molar-refractivity contribution in [2.75, 3.05) is 39.3 Å². The lowest BCUT2D eigenvalue weighted by Crippen LogP contribution is -2.56. The van der Waals surface area contributed by atoms with Crippen molar-refractivity contribution in [3.05, 3.63) is 0 Å². The van der Waals surface area contributed by atoms with E-state index in [4.69, 9.17) is 4.74 Å². The maximum Gasteiger partial charge on any atom is 0.293 e. The molecule has 2 aliphatic heterocycles. The molecule has 2 saturated heterocycles. The number of hydrogen-bond donors (Lipinski definition) is 0. The molecule has 0 saturated carbocycles. The van der Waals surface area contributed by atoms with Gasteiger partial charge >= 0.3 is 0 Å². The lowest BCUT2D eigenvalue weighted by atomic mass is 9.86. The Balaban J connectivity index is 1.77. The van der Waals surface area contributed by atoms with Crippen LogP contribution >= 0.6 is 0 Å². The predicted molar refractivity (Wildman–Crippen MR) is 71.9 cm³/mol. The molecule has 0 N–H and O–H groups in total. The van der Waals surface area contributed by atoms with Gasteiger partial charge in [0.05, 0.1) is 0 Å². The van der Waals surface area contributed by atoms with Crippen LogP contribution in [0.25, 0.3) is 0 Å². The molecule has 0 spiro atoms. The molecule has 2 fully saturated rings. The largest absolute Gasteiger partial charge is 0.467 e. The molecule has 0 aromatic carbocycles. The number of carbonyl (C=O) groups excluding carboxylic acids is 2. The van der Waals surface area contributed by atoms with Crippen LogP contribution in [0.2, 0.25) is 0 Å². The molecule has 0 bridgehead atoms. The smallest absolute Gasteiger partial charge is 0.293 e. The van der Waals surface area contributed by atoms with E-state index in [1.54, 1.807) is 0 Å². The van der Waals surface area contributed by atoms with Crippen LogP contribution in [-0.2, 0) is 14.3 Å². The van der Waals surface area contributed by atoms with Crippen molar-refractivity contribution >= 4 is 12.3 Å². The van der Waals surface area contributed by atoms with Crippen LogP contribution in [-0.4, -0.2) is 66.9 Å². The summed E-state index contributed by atoms with van der Waals surface area (Å²) in [5.74, 6) is 0.406. The number of piperidine rings is 2. The van der Waals surface area contributed by atoms with E-state index < -0.39 is 0 Å². The first-order valence-corrected chi connectivity index (χ1v) is 7.18. The first kappa shape index (κ1) is 14.5. The fourth-order valence-corrected chi connectivity index (χ4v) is 3.10. The first-order chi connectivity index (χ1) is 9.14. The van der Waals surface area contributed by atoms with Crippen LogP contribution in [0.3, 0.4) is 0 Å². The molecular formula is C14H24N2O3. The van der Waals surface area contributed by atoms with Gasteiger partial charge < -0.3 is 4.74 Å². The minimum atomic E-state index is 0.239. The summed E-state index contributed by atoms with van der Waals surface area (Å²) in [6, 6.07) is 0. The molecule has 0 unspecified atom stereocenters. The molecule has 0 aromatic rings. The summed E-state index contributed by atoms with van der Waals surface area (Å²) >= 11 is 0. The highest BCUT2D eigenvalue weighted by Crippen LogP contribution is 2.30. The summed E-state index contributed by atoms with van der Waals surface area (Å²) in [4.78, 5) is 26.3. The highest BCUT2D eigenvalue weighted by atomic mass is 16.5. The quantitative estimate of drug-likeness (QED) is 0.542. The van der Waals surface area contributed by atoms with Crippen molar-refractivity contribution < 1.29 is 14.3 Å². The van der Waals surface area contributed by atoms with Crippen LogP contribution in [0.1, 0.15) is 32.6 Å². The first-order valence-electron chi connectivity index (χ1n) is 7.18. The SMILES string of the molecule is CC1(N2CCC(=O)CC2)CCN(CCOC=O)CC1. The number of hydrogen-bond acceptors (Lipinski definition) is 5. The second kappa shape index (κ2) is 6.48. The zero-order valence-electron chi connectivity index (χ0n) is 11.8. The third kappa shape index (κ3) is 3.76. The molecule has 19 heavy (non-hydrogen) atoms. The van der Waals surface area contributed by atoms with Gasteiger partial charge in [0.15, 0.2) is 0 Å². The third-order valence-electron chi connectivity index (χ3n) is 4.61. The van der Waals surface area contributed by atoms with Gasteiger partial charge in [-0.15, -0.1) is 0 Å². The summed E-state index contributed by atoms with van der Waals surface area (Å²) in [6.07, 6.45) is 3.68. The fourth-order valence-electron chi connectivity index (χ4n) is 3.10. The highest BCUT2D eigenvalue weighted by molar-refractivity contribution is 5.79. The molecule has 0 radical (unpaired) electrons. The standard InChI is InChI=1S/C14H24N2O3/c1-14(16-6-2-13(18)3-7-16)4-8-15(9-5-14)10-11-19-12-17/h12H,2-11H2,1H3. The summed E-state index contributed by atoms with van der Waals surface area (Å²) in [5.41, 5.74) is 0.239. The number of carbonyl (C=O) groups is 2. The summed E-state index contributed by atoms with van der Waals surface area (Å²) in [6.45, 7) is 8.08. The van der Waals surface area contributed by atoms with Crippen LogP contribution < -0.4 is 0 Å². The van der Waals surface area contributed by atoms with E-state index in [9.17, 15) is 9.59 Å². The Hall–Kier alpha value is -0.940.